The number of halogens is 1. The Morgan fingerprint density at radius 2 is 1.92 bits per heavy atom. The molecule has 0 fully saturated rings. The minimum atomic E-state index is -0.554. The molecular formula is C17H15ClN4O2S. The first-order chi connectivity index (χ1) is 12.1. The molecule has 0 aliphatic heterocycles. The molecule has 1 atom stereocenters. The number of H-pyrrole nitrogens is 1. The number of hydrogen-bond acceptors (Lipinski definition) is 5. The number of primary amides is 1. The third-order valence-electron chi connectivity index (χ3n) is 3.28. The van der Waals surface area contributed by atoms with Crippen LogP contribution in [0.1, 0.15) is 16.6 Å². The van der Waals surface area contributed by atoms with Gasteiger partial charge in [-0.1, -0.05) is 53.7 Å². The molecule has 0 aliphatic rings. The Labute approximate surface area is 153 Å². The molecule has 1 aromatic heterocycles. The van der Waals surface area contributed by atoms with Gasteiger partial charge in [0.1, 0.15) is 17.6 Å². The van der Waals surface area contributed by atoms with Gasteiger partial charge in [-0.15, -0.1) is 5.10 Å². The molecule has 25 heavy (non-hydrogen) atoms. The van der Waals surface area contributed by atoms with Gasteiger partial charge in [0.25, 0.3) is 0 Å². The summed E-state index contributed by atoms with van der Waals surface area (Å²) in [5.41, 5.74) is 6.32. The Hall–Kier alpha value is -2.51. The number of carbonyl (C=O) groups is 1. The van der Waals surface area contributed by atoms with Crippen molar-refractivity contribution in [3.63, 3.8) is 0 Å². The number of nitrogens with two attached hydrogens (primary N) is 1. The molecule has 3 aromatic rings. The number of nitrogens with one attached hydrogen (secondary N) is 1. The van der Waals surface area contributed by atoms with E-state index in [2.05, 4.69) is 15.2 Å². The van der Waals surface area contributed by atoms with Crippen molar-refractivity contribution in [3.05, 3.63) is 71.0 Å². The van der Waals surface area contributed by atoms with E-state index in [0.29, 0.717) is 21.8 Å². The summed E-state index contributed by atoms with van der Waals surface area (Å²) in [7, 11) is 0. The van der Waals surface area contributed by atoms with Gasteiger partial charge in [-0.3, -0.25) is 9.89 Å². The molecule has 3 N–H and O–H groups in total. The summed E-state index contributed by atoms with van der Waals surface area (Å²) in [5, 5.41) is 7.43. The average molecular weight is 375 g/mol. The van der Waals surface area contributed by atoms with Gasteiger partial charge in [0.2, 0.25) is 11.1 Å². The maximum atomic E-state index is 11.7. The number of benzene rings is 2. The summed E-state index contributed by atoms with van der Waals surface area (Å²) in [5.74, 6) is 0.781. The van der Waals surface area contributed by atoms with Crippen molar-refractivity contribution in [3.8, 4) is 5.75 Å². The van der Waals surface area contributed by atoms with Gasteiger partial charge in [-0.25, -0.2) is 4.98 Å². The van der Waals surface area contributed by atoms with Crippen molar-refractivity contribution in [2.24, 2.45) is 5.73 Å². The summed E-state index contributed by atoms with van der Waals surface area (Å²) >= 11 is 7.03. The first-order valence-corrected chi connectivity index (χ1v) is 8.68. The quantitative estimate of drug-likeness (QED) is 0.618. The van der Waals surface area contributed by atoms with Crippen LogP contribution >= 0.6 is 23.4 Å². The van der Waals surface area contributed by atoms with Gasteiger partial charge < -0.3 is 10.5 Å². The lowest BCUT2D eigenvalue weighted by Gasteiger charge is -2.10. The number of nitrogens with zero attached hydrogens (tertiary/aromatic N) is 2. The Balaban J connectivity index is 1.64. The van der Waals surface area contributed by atoms with E-state index in [4.69, 9.17) is 22.1 Å². The first kappa shape index (κ1) is 17.3. The second kappa shape index (κ2) is 8.04. The van der Waals surface area contributed by atoms with Crippen LogP contribution in [0.5, 0.6) is 5.75 Å². The van der Waals surface area contributed by atoms with Gasteiger partial charge in [-0.05, 0) is 29.8 Å². The van der Waals surface area contributed by atoms with E-state index in [1.807, 2.05) is 30.3 Å². The Kier molecular flexibility index (Phi) is 5.57. The van der Waals surface area contributed by atoms with E-state index >= 15 is 0 Å². The minimum Gasteiger partial charge on any atom is -0.486 e. The fourth-order valence-electron chi connectivity index (χ4n) is 2.10. The number of hydrogen-bond donors (Lipinski definition) is 2. The fourth-order valence-corrected chi connectivity index (χ4v) is 3.11. The second-order valence-electron chi connectivity index (χ2n) is 5.12. The first-order valence-electron chi connectivity index (χ1n) is 7.42. The van der Waals surface area contributed by atoms with Crippen LogP contribution in [-0.4, -0.2) is 21.1 Å². The van der Waals surface area contributed by atoms with Crippen LogP contribution < -0.4 is 10.5 Å². The van der Waals surface area contributed by atoms with Crippen LogP contribution in [0.25, 0.3) is 0 Å². The Morgan fingerprint density at radius 1 is 1.20 bits per heavy atom. The van der Waals surface area contributed by atoms with Crippen molar-refractivity contribution < 1.29 is 9.53 Å². The summed E-state index contributed by atoms with van der Waals surface area (Å²) in [4.78, 5) is 16.1. The average Bonchev–Trinajstić information content (AvgIpc) is 3.07. The summed E-state index contributed by atoms with van der Waals surface area (Å²) in [6, 6.07) is 16.3. The number of thioether (sulfide) groups is 1. The second-order valence-corrected chi connectivity index (χ2v) is 6.63. The number of ether oxygens (including phenoxy) is 1. The lowest BCUT2D eigenvalue weighted by Crippen LogP contribution is -2.19. The fraction of sp³-hybridized carbons (Fsp3) is 0.118. The maximum Gasteiger partial charge on any atom is 0.235 e. The molecule has 128 valence electrons. The smallest absolute Gasteiger partial charge is 0.235 e. The summed E-state index contributed by atoms with van der Waals surface area (Å²) in [6.45, 7) is 0.224. The van der Waals surface area contributed by atoms with Crippen LogP contribution in [0, 0.1) is 0 Å². The predicted molar refractivity (Wildman–Crippen MR) is 96.4 cm³/mol. The lowest BCUT2D eigenvalue weighted by atomic mass is 10.1. The highest BCUT2D eigenvalue weighted by molar-refractivity contribution is 8.00. The van der Waals surface area contributed by atoms with Crippen molar-refractivity contribution in [1.82, 2.24) is 15.2 Å². The van der Waals surface area contributed by atoms with Crippen LogP contribution in [0.4, 0.5) is 0 Å². The zero-order valence-corrected chi connectivity index (χ0v) is 14.6. The van der Waals surface area contributed by atoms with Crippen molar-refractivity contribution in [2.45, 2.75) is 17.0 Å². The molecule has 3 rings (SSSR count). The number of amides is 1. The molecule has 0 saturated carbocycles. The highest BCUT2D eigenvalue weighted by atomic mass is 35.5. The highest BCUT2D eigenvalue weighted by Gasteiger charge is 2.21. The molecule has 0 saturated heterocycles. The molecule has 1 amide bonds. The number of aromatic nitrogens is 3. The minimum absolute atomic E-state index is 0.224. The van der Waals surface area contributed by atoms with Crippen molar-refractivity contribution >= 4 is 29.3 Å². The van der Waals surface area contributed by atoms with E-state index in [0.717, 1.165) is 5.56 Å². The zero-order chi connectivity index (χ0) is 17.6. The van der Waals surface area contributed by atoms with Crippen molar-refractivity contribution in [2.75, 3.05) is 0 Å². The van der Waals surface area contributed by atoms with E-state index in [-0.39, 0.29) is 6.61 Å². The van der Waals surface area contributed by atoms with Gasteiger partial charge in [0, 0.05) is 5.02 Å². The van der Waals surface area contributed by atoms with E-state index in [9.17, 15) is 4.79 Å². The number of aromatic amines is 1. The van der Waals surface area contributed by atoms with Crippen LogP contribution in [0.2, 0.25) is 5.02 Å². The third kappa shape index (κ3) is 4.74. The van der Waals surface area contributed by atoms with Crippen LogP contribution in [-0.2, 0) is 11.4 Å². The van der Waals surface area contributed by atoms with Gasteiger partial charge in [0.05, 0.1) is 0 Å². The predicted octanol–water partition coefficient (Wildman–Crippen LogP) is 3.36. The molecule has 6 nitrogen and oxygen atoms in total. The molecule has 1 heterocycles. The standard InChI is InChI=1S/C17H15ClN4O2S/c18-12-6-8-13(9-7-12)24-10-14-20-17(22-21-14)25-15(16(19)23)11-4-2-1-3-5-11/h1-9,15H,10H2,(H2,19,23)(H,20,21,22). The number of rotatable bonds is 7. The van der Waals surface area contributed by atoms with Gasteiger partial charge >= 0.3 is 0 Å². The summed E-state index contributed by atoms with van der Waals surface area (Å²) in [6.07, 6.45) is 0. The third-order valence-corrected chi connectivity index (χ3v) is 4.67. The molecule has 0 spiro atoms. The molecule has 0 bridgehead atoms. The van der Waals surface area contributed by atoms with Gasteiger partial charge in [-0.2, -0.15) is 0 Å². The summed E-state index contributed by atoms with van der Waals surface area (Å²) < 4.78 is 5.60. The molecule has 2 aromatic carbocycles. The van der Waals surface area contributed by atoms with Crippen LogP contribution in [0.3, 0.4) is 0 Å². The van der Waals surface area contributed by atoms with Crippen molar-refractivity contribution in [1.29, 1.82) is 0 Å². The molecular weight excluding hydrogens is 360 g/mol. The molecule has 0 aliphatic carbocycles. The van der Waals surface area contributed by atoms with E-state index in [1.165, 1.54) is 11.8 Å². The molecule has 0 radical (unpaired) electrons. The monoisotopic (exact) mass is 374 g/mol. The number of carbonyl (C=O) groups excluding carboxylic acids is 1. The zero-order valence-electron chi connectivity index (χ0n) is 13.1. The maximum absolute atomic E-state index is 11.7. The largest absolute Gasteiger partial charge is 0.486 e. The lowest BCUT2D eigenvalue weighted by molar-refractivity contribution is -0.117. The molecule has 8 heteroatoms. The highest BCUT2D eigenvalue weighted by Crippen LogP contribution is 2.32. The molecule has 1 unspecified atom stereocenters. The Morgan fingerprint density at radius 3 is 2.60 bits per heavy atom. The van der Waals surface area contributed by atoms with Crippen LogP contribution in [0.15, 0.2) is 59.8 Å². The Bertz CT molecular complexity index is 839. The SMILES string of the molecule is NC(=O)C(Sc1n[nH]c(COc2ccc(Cl)cc2)n1)c1ccccc1. The normalized spacial score (nSPS) is 11.9. The van der Waals surface area contributed by atoms with Gasteiger partial charge in [0.15, 0.2) is 5.82 Å². The van der Waals surface area contributed by atoms with E-state index < -0.39 is 11.2 Å². The topological polar surface area (TPSA) is 93.9 Å². The van der Waals surface area contributed by atoms with E-state index in [1.54, 1.807) is 24.3 Å².